The zero-order chi connectivity index (χ0) is 14.6. The van der Waals surface area contributed by atoms with E-state index in [1.54, 1.807) is 0 Å². The minimum absolute atomic E-state index is 0.0197. The summed E-state index contributed by atoms with van der Waals surface area (Å²) in [6.45, 7) is 11.0. The van der Waals surface area contributed by atoms with E-state index >= 15 is 0 Å². The second-order valence-corrected chi connectivity index (χ2v) is 7.52. The average Bonchev–Trinajstić information content (AvgIpc) is 3.20. The lowest BCUT2D eigenvalue weighted by molar-refractivity contribution is 0.115. The Hall–Kier alpha value is -0.120. The number of nitrogens with zero attached hydrogens (tertiary/aromatic N) is 1. The monoisotopic (exact) mass is 282 g/mol. The van der Waals surface area contributed by atoms with Crippen LogP contribution in [0.25, 0.3) is 0 Å². The van der Waals surface area contributed by atoms with Gasteiger partial charge in [0.1, 0.15) is 0 Å². The molecule has 3 nitrogen and oxygen atoms in total. The van der Waals surface area contributed by atoms with E-state index in [9.17, 15) is 5.11 Å². The first-order chi connectivity index (χ1) is 9.57. The van der Waals surface area contributed by atoms with Gasteiger partial charge in [0.05, 0.1) is 6.61 Å². The summed E-state index contributed by atoms with van der Waals surface area (Å²) in [4.78, 5) is 2.63. The third-order valence-corrected chi connectivity index (χ3v) is 5.14. The van der Waals surface area contributed by atoms with Crippen LogP contribution in [0.15, 0.2) is 0 Å². The number of nitrogens with one attached hydrogen (secondary N) is 1. The Morgan fingerprint density at radius 1 is 1.20 bits per heavy atom. The summed E-state index contributed by atoms with van der Waals surface area (Å²) in [5.41, 5.74) is -0.0197. The van der Waals surface area contributed by atoms with Crippen molar-refractivity contribution in [3.63, 3.8) is 0 Å². The number of aliphatic hydroxyl groups excluding tert-OH is 1. The summed E-state index contributed by atoms with van der Waals surface area (Å²) < 4.78 is 0. The van der Waals surface area contributed by atoms with E-state index in [-0.39, 0.29) is 12.1 Å². The minimum Gasteiger partial charge on any atom is -0.394 e. The molecule has 3 unspecified atom stereocenters. The molecule has 2 rings (SSSR count). The molecule has 2 aliphatic rings. The van der Waals surface area contributed by atoms with Gasteiger partial charge in [-0.2, -0.15) is 0 Å². The molecule has 0 aromatic carbocycles. The molecule has 3 heteroatoms. The summed E-state index contributed by atoms with van der Waals surface area (Å²) in [5.74, 6) is 1.69. The van der Waals surface area contributed by atoms with E-state index in [4.69, 9.17) is 0 Å². The predicted octanol–water partition coefficient (Wildman–Crippen LogP) is 2.64. The van der Waals surface area contributed by atoms with Crippen molar-refractivity contribution < 1.29 is 5.11 Å². The number of hydrogen-bond donors (Lipinski definition) is 2. The van der Waals surface area contributed by atoms with Crippen LogP contribution in [0.4, 0.5) is 0 Å². The van der Waals surface area contributed by atoms with Gasteiger partial charge in [-0.1, -0.05) is 20.8 Å². The Morgan fingerprint density at radius 3 is 2.35 bits per heavy atom. The van der Waals surface area contributed by atoms with Gasteiger partial charge in [0.2, 0.25) is 0 Å². The molecule has 0 aromatic heterocycles. The zero-order valence-corrected chi connectivity index (χ0v) is 13.7. The lowest BCUT2D eigenvalue weighted by atomic mass is 9.89. The fourth-order valence-electron chi connectivity index (χ4n) is 3.86. The minimum atomic E-state index is -0.0197. The molecule has 0 radical (unpaired) electrons. The number of likely N-dealkylation sites (tertiary alicyclic amines) is 1. The molecule has 118 valence electrons. The zero-order valence-electron chi connectivity index (χ0n) is 13.7. The van der Waals surface area contributed by atoms with Gasteiger partial charge in [-0.05, 0) is 56.9 Å². The maximum atomic E-state index is 9.80. The molecule has 0 spiro atoms. The molecular formula is C17H34N2O. The van der Waals surface area contributed by atoms with Crippen LogP contribution in [0.5, 0.6) is 0 Å². The molecule has 1 saturated carbocycles. The fourth-order valence-corrected chi connectivity index (χ4v) is 3.86. The van der Waals surface area contributed by atoms with Crippen molar-refractivity contribution in [1.82, 2.24) is 10.2 Å². The van der Waals surface area contributed by atoms with Gasteiger partial charge < -0.3 is 15.3 Å². The lowest BCUT2D eigenvalue weighted by Crippen LogP contribution is -2.49. The number of rotatable bonds is 8. The molecule has 1 aliphatic carbocycles. The third-order valence-electron chi connectivity index (χ3n) is 5.14. The molecule has 0 aromatic rings. The highest BCUT2D eigenvalue weighted by Gasteiger charge is 2.34. The Morgan fingerprint density at radius 2 is 1.85 bits per heavy atom. The van der Waals surface area contributed by atoms with Crippen LogP contribution in [0.1, 0.15) is 59.3 Å². The van der Waals surface area contributed by atoms with Gasteiger partial charge in [0.25, 0.3) is 0 Å². The standard InChI is InChI=1S/C17H34N2O/c1-4-17(13-20,18-16-6-7-16)8-5-9-19-11-14(2)10-15(3)12-19/h14-16,18,20H,4-13H2,1-3H3. The van der Waals surface area contributed by atoms with Gasteiger partial charge >= 0.3 is 0 Å². The smallest absolute Gasteiger partial charge is 0.0613 e. The first-order valence-electron chi connectivity index (χ1n) is 8.68. The first-order valence-corrected chi connectivity index (χ1v) is 8.68. The van der Waals surface area contributed by atoms with Gasteiger partial charge in [0, 0.05) is 24.7 Å². The van der Waals surface area contributed by atoms with Crippen molar-refractivity contribution in [3.05, 3.63) is 0 Å². The van der Waals surface area contributed by atoms with Crippen LogP contribution in [-0.2, 0) is 0 Å². The summed E-state index contributed by atoms with van der Waals surface area (Å²) in [6, 6.07) is 0.678. The molecule has 20 heavy (non-hydrogen) atoms. The van der Waals surface area contributed by atoms with Crippen molar-refractivity contribution in [1.29, 1.82) is 0 Å². The molecule has 1 heterocycles. The fraction of sp³-hybridized carbons (Fsp3) is 1.00. The van der Waals surface area contributed by atoms with E-state index in [0.29, 0.717) is 6.04 Å². The molecule has 0 amide bonds. The van der Waals surface area contributed by atoms with Crippen molar-refractivity contribution in [3.8, 4) is 0 Å². The topological polar surface area (TPSA) is 35.5 Å². The second kappa shape index (κ2) is 7.24. The van der Waals surface area contributed by atoms with Crippen molar-refractivity contribution in [2.24, 2.45) is 11.8 Å². The molecule has 3 atom stereocenters. The molecule has 0 bridgehead atoms. The Labute approximate surface area is 125 Å². The van der Waals surface area contributed by atoms with E-state index in [0.717, 1.165) is 24.7 Å². The quantitative estimate of drug-likeness (QED) is 0.718. The van der Waals surface area contributed by atoms with Crippen LogP contribution in [0, 0.1) is 11.8 Å². The summed E-state index contributed by atoms with van der Waals surface area (Å²) in [7, 11) is 0. The summed E-state index contributed by atoms with van der Waals surface area (Å²) in [5, 5.41) is 13.5. The Kier molecular flexibility index (Phi) is 5.88. The highest BCUT2D eigenvalue weighted by Crippen LogP contribution is 2.27. The molecule has 2 fully saturated rings. The van der Waals surface area contributed by atoms with Crippen LogP contribution in [-0.4, -0.2) is 47.8 Å². The van der Waals surface area contributed by atoms with Gasteiger partial charge in [0.15, 0.2) is 0 Å². The van der Waals surface area contributed by atoms with Crippen LogP contribution in [0.2, 0.25) is 0 Å². The number of aliphatic hydroxyl groups is 1. The van der Waals surface area contributed by atoms with Gasteiger partial charge in [-0.15, -0.1) is 0 Å². The number of piperidine rings is 1. The normalized spacial score (nSPS) is 31.2. The average molecular weight is 282 g/mol. The van der Waals surface area contributed by atoms with E-state index in [1.807, 2.05) is 0 Å². The van der Waals surface area contributed by atoms with Crippen molar-refractivity contribution >= 4 is 0 Å². The van der Waals surface area contributed by atoms with Gasteiger partial charge in [-0.3, -0.25) is 0 Å². The summed E-state index contributed by atoms with van der Waals surface area (Å²) in [6.07, 6.45) is 7.32. The molecule has 1 saturated heterocycles. The predicted molar refractivity (Wildman–Crippen MR) is 84.9 cm³/mol. The lowest BCUT2D eigenvalue weighted by Gasteiger charge is -2.37. The van der Waals surface area contributed by atoms with Crippen LogP contribution >= 0.6 is 0 Å². The summed E-state index contributed by atoms with van der Waals surface area (Å²) >= 11 is 0. The van der Waals surface area contributed by atoms with E-state index in [1.165, 1.54) is 45.3 Å². The van der Waals surface area contributed by atoms with Gasteiger partial charge in [-0.25, -0.2) is 0 Å². The van der Waals surface area contributed by atoms with Crippen LogP contribution in [0.3, 0.4) is 0 Å². The van der Waals surface area contributed by atoms with E-state index < -0.39 is 0 Å². The second-order valence-electron chi connectivity index (χ2n) is 7.52. The first kappa shape index (κ1) is 16.3. The van der Waals surface area contributed by atoms with Crippen molar-refractivity contribution in [2.45, 2.75) is 70.9 Å². The third kappa shape index (κ3) is 4.71. The maximum Gasteiger partial charge on any atom is 0.0613 e. The largest absolute Gasteiger partial charge is 0.394 e. The van der Waals surface area contributed by atoms with E-state index in [2.05, 4.69) is 31.0 Å². The van der Waals surface area contributed by atoms with Crippen LogP contribution < -0.4 is 5.32 Å². The Bertz CT molecular complexity index is 277. The highest BCUT2D eigenvalue weighted by atomic mass is 16.3. The molecule has 2 N–H and O–H groups in total. The van der Waals surface area contributed by atoms with Crippen molar-refractivity contribution in [2.75, 3.05) is 26.2 Å². The SMILES string of the molecule is CCC(CO)(CCCN1CC(C)CC(C)C1)NC1CC1. The molecular weight excluding hydrogens is 248 g/mol. The highest BCUT2D eigenvalue weighted by molar-refractivity contribution is 4.94. The Balaban J connectivity index is 1.74. The molecule has 1 aliphatic heterocycles. The number of hydrogen-bond acceptors (Lipinski definition) is 3. The maximum absolute atomic E-state index is 9.80.